The molecule has 0 saturated heterocycles. The lowest BCUT2D eigenvalue weighted by Crippen LogP contribution is -2.15. The van der Waals surface area contributed by atoms with Gasteiger partial charge in [-0.2, -0.15) is 13.2 Å². The molecular formula is C8H3F6NO. The molecule has 0 N–H and O–H groups in total. The number of aromatic nitrogens is 1. The minimum absolute atomic E-state index is 0.0653. The van der Waals surface area contributed by atoms with Crippen molar-refractivity contribution in [3.63, 3.8) is 0 Å². The summed E-state index contributed by atoms with van der Waals surface area (Å²) in [7, 11) is 0. The van der Waals surface area contributed by atoms with Gasteiger partial charge in [0.1, 0.15) is 5.82 Å². The van der Waals surface area contributed by atoms with E-state index in [0.717, 1.165) is 0 Å². The molecule has 1 heterocycles. The molecule has 0 aliphatic rings. The van der Waals surface area contributed by atoms with Crippen LogP contribution in [0.1, 0.15) is 28.0 Å². The molecule has 0 aliphatic carbocycles. The number of aldehydes is 1. The normalized spacial score (nSPS) is 11.9. The van der Waals surface area contributed by atoms with Gasteiger partial charge in [-0.1, -0.05) is 0 Å². The summed E-state index contributed by atoms with van der Waals surface area (Å²) in [5, 5.41) is 0. The molecule has 0 spiro atoms. The van der Waals surface area contributed by atoms with Gasteiger partial charge in [0.15, 0.2) is 12.0 Å². The summed E-state index contributed by atoms with van der Waals surface area (Å²) in [5.41, 5.74) is -4.66. The summed E-state index contributed by atoms with van der Waals surface area (Å²) in [4.78, 5) is 12.9. The third-order valence-corrected chi connectivity index (χ3v) is 1.70. The first kappa shape index (κ1) is 12.5. The second-order valence-electron chi connectivity index (χ2n) is 2.71. The standard InChI is InChI=1S/C8H3F6NO/c9-5-3(7(10)11)1-15-6(4(5)2-16)8(12,13)14/h1-2,7H. The van der Waals surface area contributed by atoms with Gasteiger partial charge >= 0.3 is 6.18 Å². The van der Waals surface area contributed by atoms with Crippen LogP contribution in [0.25, 0.3) is 0 Å². The van der Waals surface area contributed by atoms with Crippen molar-refractivity contribution < 1.29 is 31.1 Å². The summed E-state index contributed by atoms with van der Waals surface area (Å²) in [6.45, 7) is 0. The summed E-state index contributed by atoms with van der Waals surface area (Å²) < 4.78 is 73.8. The Hall–Kier alpha value is -1.60. The third-order valence-electron chi connectivity index (χ3n) is 1.70. The van der Waals surface area contributed by atoms with Gasteiger partial charge in [-0.05, 0) is 0 Å². The van der Waals surface area contributed by atoms with Crippen LogP contribution in [0.3, 0.4) is 0 Å². The lowest BCUT2D eigenvalue weighted by Gasteiger charge is -2.10. The number of halogens is 6. The highest BCUT2D eigenvalue weighted by atomic mass is 19.4. The van der Waals surface area contributed by atoms with Gasteiger partial charge in [0.25, 0.3) is 6.43 Å². The fourth-order valence-corrected chi connectivity index (χ4v) is 1.01. The molecule has 0 fully saturated rings. The molecule has 0 saturated carbocycles. The van der Waals surface area contributed by atoms with Crippen LogP contribution in [0.2, 0.25) is 0 Å². The van der Waals surface area contributed by atoms with Crippen LogP contribution in [-0.4, -0.2) is 11.3 Å². The number of pyridine rings is 1. The number of carbonyl (C=O) groups excluding carboxylic acids is 1. The van der Waals surface area contributed by atoms with E-state index < -0.39 is 41.5 Å². The van der Waals surface area contributed by atoms with E-state index >= 15 is 0 Å². The lowest BCUT2D eigenvalue weighted by atomic mass is 10.1. The van der Waals surface area contributed by atoms with Crippen LogP contribution >= 0.6 is 0 Å². The summed E-state index contributed by atoms with van der Waals surface area (Å²) >= 11 is 0. The molecule has 16 heavy (non-hydrogen) atoms. The number of hydrogen-bond acceptors (Lipinski definition) is 2. The van der Waals surface area contributed by atoms with Crippen LogP contribution in [-0.2, 0) is 6.18 Å². The Morgan fingerprint density at radius 2 is 1.88 bits per heavy atom. The molecule has 0 unspecified atom stereocenters. The van der Waals surface area contributed by atoms with Crippen molar-refractivity contribution in [2.45, 2.75) is 12.6 Å². The first-order chi connectivity index (χ1) is 7.29. The van der Waals surface area contributed by atoms with Gasteiger partial charge in [0.2, 0.25) is 0 Å². The Bertz CT molecular complexity index is 414. The zero-order valence-corrected chi connectivity index (χ0v) is 7.36. The molecule has 1 rings (SSSR count). The van der Waals surface area contributed by atoms with Crippen LogP contribution in [0.4, 0.5) is 26.3 Å². The molecule has 1 aromatic rings. The van der Waals surface area contributed by atoms with E-state index in [0.29, 0.717) is 0 Å². The quantitative estimate of drug-likeness (QED) is 0.590. The average molecular weight is 243 g/mol. The number of rotatable bonds is 2. The van der Waals surface area contributed by atoms with Crippen LogP contribution in [0.5, 0.6) is 0 Å². The van der Waals surface area contributed by atoms with E-state index in [1.165, 1.54) is 0 Å². The van der Waals surface area contributed by atoms with Gasteiger partial charge < -0.3 is 0 Å². The average Bonchev–Trinajstić information content (AvgIpc) is 2.15. The SMILES string of the molecule is O=Cc1c(C(F)(F)F)ncc(C(F)F)c1F. The van der Waals surface area contributed by atoms with E-state index in [9.17, 15) is 31.1 Å². The van der Waals surface area contributed by atoms with Crippen molar-refractivity contribution in [2.24, 2.45) is 0 Å². The van der Waals surface area contributed by atoms with Gasteiger partial charge in [0, 0.05) is 6.20 Å². The molecule has 0 aromatic carbocycles. The highest BCUT2D eigenvalue weighted by Crippen LogP contribution is 2.33. The Kier molecular flexibility index (Phi) is 3.20. The van der Waals surface area contributed by atoms with Crippen LogP contribution < -0.4 is 0 Å². The minimum atomic E-state index is -5.07. The van der Waals surface area contributed by atoms with Crippen molar-refractivity contribution in [3.8, 4) is 0 Å². The molecule has 0 amide bonds. The number of carbonyl (C=O) groups is 1. The first-order valence-corrected chi connectivity index (χ1v) is 3.78. The molecule has 0 atom stereocenters. The highest BCUT2D eigenvalue weighted by molar-refractivity contribution is 5.77. The summed E-state index contributed by atoms with van der Waals surface area (Å²) in [6.07, 6.45) is -8.83. The Morgan fingerprint density at radius 1 is 1.31 bits per heavy atom. The van der Waals surface area contributed by atoms with Gasteiger partial charge in [-0.3, -0.25) is 9.78 Å². The van der Waals surface area contributed by atoms with Crippen molar-refractivity contribution in [1.82, 2.24) is 4.98 Å². The maximum atomic E-state index is 13.1. The number of alkyl halides is 5. The topological polar surface area (TPSA) is 30.0 Å². The summed E-state index contributed by atoms with van der Waals surface area (Å²) in [5.74, 6) is -1.90. The summed E-state index contributed by atoms with van der Waals surface area (Å²) in [6, 6.07) is 0. The predicted octanol–water partition coefficient (Wildman–Crippen LogP) is 2.99. The minimum Gasteiger partial charge on any atom is -0.298 e. The number of hydrogen-bond donors (Lipinski definition) is 0. The Labute approximate surface area is 84.9 Å². The van der Waals surface area contributed by atoms with E-state index in [-0.39, 0.29) is 6.20 Å². The zero-order valence-electron chi connectivity index (χ0n) is 7.36. The highest BCUT2D eigenvalue weighted by Gasteiger charge is 2.38. The molecule has 8 heteroatoms. The smallest absolute Gasteiger partial charge is 0.298 e. The van der Waals surface area contributed by atoms with E-state index in [1.54, 1.807) is 0 Å². The molecule has 88 valence electrons. The fourth-order valence-electron chi connectivity index (χ4n) is 1.01. The maximum Gasteiger partial charge on any atom is 0.434 e. The predicted molar refractivity (Wildman–Crippen MR) is 39.5 cm³/mol. The van der Waals surface area contributed by atoms with Crippen molar-refractivity contribution in [1.29, 1.82) is 0 Å². The van der Waals surface area contributed by atoms with E-state index in [2.05, 4.69) is 4.98 Å². The second-order valence-corrected chi connectivity index (χ2v) is 2.71. The molecule has 0 bridgehead atoms. The van der Waals surface area contributed by atoms with Crippen molar-refractivity contribution in [2.75, 3.05) is 0 Å². The molecule has 0 radical (unpaired) electrons. The molecule has 1 aromatic heterocycles. The monoisotopic (exact) mass is 243 g/mol. The maximum absolute atomic E-state index is 13.1. The lowest BCUT2D eigenvalue weighted by molar-refractivity contribution is -0.141. The number of nitrogens with zero attached hydrogens (tertiary/aromatic N) is 1. The largest absolute Gasteiger partial charge is 0.434 e. The van der Waals surface area contributed by atoms with Gasteiger partial charge in [-0.15, -0.1) is 0 Å². The zero-order chi connectivity index (χ0) is 12.5. The Balaban J connectivity index is 3.47. The fraction of sp³-hybridized carbons (Fsp3) is 0.250. The molecule has 0 aliphatic heterocycles. The van der Waals surface area contributed by atoms with Gasteiger partial charge in [0.05, 0.1) is 11.1 Å². The van der Waals surface area contributed by atoms with Crippen LogP contribution in [0.15, 0.2) is 6.20 Å². The Morgan fingerprint density at radius 3 is 2.25 bits per heavy atom. The van der Waals surface area contributed by atoms with Crippen LogP contribution in [0, 0.1) is 5.82 Å². The van der Waals surface area contributed by atoms with Gasteiger partial charge in [-0.25, -0.2) is 13.2 Å². The first-order valence-electron chi connectivity index (χ1n) is 3.78. The van der Waals surface area contributed by atoms with E-state index in [1.807, 2.05) is 0 Å². The molecular weight excluding hydrogens is 240 g/mol. The second kappa shape index (κ2) is 4.11. The van der Waals surface area contributed by atoms with Crippen molar-refractivity contribution in [3.05, 3.63) is 28.8 Å². The van der Waals surface area contributed by atoms with Crippen molar-refractivity contribution >= 4 is 6.29 Å². The van der Waals surface area contributed by atoms with E-state index in [4.69, 9.17) is 0 Å². The molecule has 2 nitrogen and oxygen atoms in total. The third kappa shape index (κ3) is 2.15.